The highest BCUT2D eigenvalue weighted by Gasteiger charge is 2.25. The van der Waals surface area contributed by atoms with Gasteiger partial charge in [0.25, 0.3) is 5.91 Å². The van der Waals surface area contributed by atoms with E-state index in [9.17, 15) is 29.7 Å². The molecule has 0 bridgehead atoms. The summed E-state index contributed by atoms with van der Waals surface area (Å²) in [6.45, 7) is -0.226. The molecule has 0 unspecified atom stereocenters. The highest BCUT2D eigenvalue weighted by molar-refractivity contribution is 6.12. The van der Waals surface area contributed by atoms with Gasteiger partial charge in [-0.25, -0.2) is 4.39 Å². The number of nitrogens with zero attached hydrogens (tertiary/aromatic N) is 1. The second-order valence-electron chi connectivity index (χ2n) is 14.9. The van der Waals surface area contributed by atoms with Crippen molar-refractivity contribution in [2.45, 2.75) is 45.8 Å². The van der Waals surface area contributed by atoms with Crippen molar-refractivity contribution in [3.8, 4) is 33.8 Å². The molecule has 0 spiro atoms. The predicted octanol–water partition coefficient (Wildman–Crippen LogP) is 8.12. The Hall–Kier alpha value is -7.85. The van der Waals surface area contributed by atoms with Crippen LogP contribution in [0.2, 0.25) is 0 Å². The number of para-hydroxylation sites is 1. The predicted molar refractivity (Wildman–Crippen MR) is 235 cm³/mol. The number of aromatic nitrogens is 1. The first-order chi connectivity index (χ1) is 31.0. The third kappa shape index (κ3) is 8.89. The minimum absolute atomic E-state index is 0.0177. The molecule has 0 aliphatic rings. The number of ether oxygens (including phenoxy) is 2. The third-order valence-electron chi connectivity index (χ3n) is 10.7. The fraction of sp³-hybridized carbons (Fsp3) is 0.143. The van der Waals surface area contributed by atoms with E-state index < -0.39 is 23.7 Å². The first-order valence-electron chi connectivity index (χ1n) is 20.1. The Morgan fingerprint density at radius 3 is 2.27 bits per heavy atom. The zero-order valence-corrected chi connectivity index (χ0v) is 34.1. The number of carbonyl (C=O) groups is 3. The van der Waals surface area contributed by atoms with Gasteiger partial charge in [-0.2, -0.15) is 0 Å². The van der Waals surface area contributed by atoms with Crippen molar-refractivity contribution in [1.82, 2.24) is 4.98 Å². The summed E-state index contributed by atoms with van der Waals surface area (Å²) in [6.07, 6.45) is 3.80. The van der Waals surface area contributed by atoms with Crippen LogP contribution in [0, 0.1) is 5.82 Å². The van der Waals surface area contributed by atoms with Gasteiger partial charge in [0, 0.05) is 52.6 Å². The SMILES string of the molecule is NCc1cc(-c2cc(COc3ccc(CO)cc3CC(=O)O)cc3ccoc23)ccc1COc1c(C(=O)Nc2ccccc2CC(=O)O)cc(-c2ccnc(CN)c2F)c2occc12. The lowest BCUT2D eigenvalue weighted by atomic mass is 9.96. The van der Waals surface area contributed by atoms with Crippen molar-refractivity contribution in [2.75, 3.05) is 5.32 Å². The molecule has 14 nitrogen and oxygen atoms in total. The van der Waals surface area contributed by atoms with Crippen LogP contribution in [0.5, 0.6) is 11.5 Å². The number of hydrogen-bond donors (Lipinski definition) is 6. The number of nitrogens with one attached hydrogen (secondary N) is 1. The van der Waals surface area contributed by atoms with Crippen LogP contribution in [0.3, 0.4) is 0 Å². The highest BCUT2D eigenvalue weighted by Crippen LogP contribution is 2.41. The van der Waals surface area contributed by atoms with Gasteiger partial charge in [0.05, 0.1) is 48.6 Å². The fourth-order valence-corrected chi connectivity index (χ4v) is 7.68. The van der Waals surface area contributed by atoms with Crippen molar-refractivity contribution >= 4 is 45.5 Å². The number of hydrogen-bond acceptors (Lipinski definition) is 11. The Labute approximate surface area is 364 Å². The number of aliphatic hydroxyl groups excluding tert-OH is 1. The van der Waals surface area contributed by atoms with Crippen LogP contribution >= 0.6 is 0 Å². The summed E-state index contributed by atoms with van der Waals surface area (Å²) in [5.41, 5.74) is 18.8. The maximum atomic E-state index is 15.8. The normalized spacial score (nSPS) is 11.2. The molecule has 0 fully saturated rings. The van der Waals surface area contributed by atoms with Gasteiger partial charge in [-0.1, -0.05) is 36.4 Å². The average Bonchev–Trinajstić information content (AvgIpc) is 3.99. The molecule has 64 heavy (non-hydrogen) atoms. The van der Waals surface area contributed by atoms with Crippen LogP contribution in [0.1, 0.15) is 49.4 Å². The van der Waals surface area contributed by atoms with E-state index in [4.69, 9.17) is 29.8 Å². The topological polar surface area (TPSA) is 234 Å². The Bertz CT molecular complexity index is 3070. The molecule has 8 rings (SSSR count). The zero-order valence-electron chi connectivity index (χ0n) is 34.1. The number of fused-ring (bicyclic) bond motifs is 2. The number of amides is 1. The third-order valence-corrected chi connectivity index (χ3v) is 10.7. The molecule has 0 aliphatic carbocycles. The van der Waals surface area contributed by atoms with Crippen molar-refractivity contribution < 1.29 is 52.4 Å². The van der Waals surface area contributed by atoms with Gasteiger partial charge in [-0.3, -0.25) is 19.4 Å². The number of benzene rings is 5. The molecule has 0 atom stereocenters. The number of aliphatic hydroxyl groups is 1. The molecule has 3 heterocycles. The van der Waals surface area contributed by atoms with Crippen LogP contribution in [0.15, 0.2) is 125 Å². The number of anilines is 1. The average molecular weight is 865 g/mol. The van der Waals surface area contributed by atoms with Gasteiger partial charge in [-0.05, 0) is 94.0 Å². The van der Waals surface area contributed by atoms with Crippen molar-refractivity contribution in [2.24, 2.45) is 11.5 Å². The number of carboxylic acid groups (broad SMARTS) is 2. The zero-order chi connectivity index (χ0) is 44.9. The largest absolute Gasteiger partial charge is 0.489 e. The standard InChI is InChI=1S/C49H41FN4O10/c50-45-35(9-12-53-41(45)23-52)38-21-39(49(60)54-40-4-2-1-3-30(40)19-43(56)57)48(36-11-14-62-47(36)38)64-26-32-7-6-29(18-34(32)22-51)37-17-28(16-31-10-13-61-46(31)37)25-63-42-8-5-27(24-55)15-33(42)20-44(58)59/h1-18,21,55H,19-20,22-26,51-52H2,(H,54,60)(H,56,57)(H,58,59). The first kappa shape index (κ1) is 42.8. The number of carboxylic acids is 2. The molecule has 0 saturated carbocycles. The molecule has 324 valence electrons. The summed E-state index contributed by atoms with van der Waals surface area (Å²) in [7, 11) is 0. The summed E-state index contributed by atoms with van der Waals surface area (Å²) in [5, 5.41) is 32.6. The van der Waals surface area contributed by atoms with Gasteiger partial charge in [0.1, 0.15) is 35.9 Å². The van der Waals surface area contributed by atoms with E-state index in [0.29, 0.717) is 39.0 Å². The van der Waals surface area contributed by atoms with E-state index in [1.165, 1.54) is 24.6 Å². The number of furan rings is 2. The molecule has 15 heteroatoms. The highest BCUT2D eigenvalue weighted by atomic mass is 19.1. The van der Waals surface area contributed by atoms with E-state index >= 15 is 4.39 Å². The van der Waals surface area contributed by atoms with Crippen molar-refractivity contribution in [3.63, 3.8) is 0 Å². The lowest BCUT2D eigenvalue weighted by molar-refractivity contribution is -0.137. The number of pyridine rings is 1. The van der Waals surface area contributed by atoms with Gasteiger partial charge >= 0.3 is 11.9 Å². The second kappa shape index (κ2) is 18.6. The maximum absolute atomic E-state index is 15.8. The molecule has 5 aromatic carbocycles. The molecule has 1 amide bonds. The Morgan fingerprint density at radius 1 is 0.703 bits per heavy atom. The molecular formula is C49H41FN4O10. The summed E-state index contributed by atoms with van der Waals surface area (Å²) < 4.78 is 40.3. The van der Waals surface area contributed by atoms with Crippen LogP contribution in [-0.2, 0) is 55.3 Å². The molecule has 8 N–H and O–H groups in total. The van der Waals surface area contributed by atoms with Crippen LogP contribution < -0.4 is 26.3 Å². The van der Waals surface area contributed by atoms with E-state index in [0.717, 1.165) is 27.6 Å². The smallest absolute Gasteiger partial charge is 0.307 e. The number of carbonyl (C=O) groups excluding carboxylic acids is 1. The fourth-order valence-electron chi connectivity index (χ4n) is 7.68. The van der Waals surface area contributed by atoms with Gasteiger partial charge < -0.3 is 50.4 Å². The van der Waals surface area contributed by atoms with Gasteiger partial charge in [-0.15, -0.1) is 0 Å². The van der Waals surface area contributed by atoms with E-state index in [1.807, 2.05) is 36.4 Å². The van der Waals surface area contributed by atoms with Crippen molar-refractivity contribution in [1.29, 1.82) is 0 Å². The van der Waals surface area contributed by atoms with Gasteiger partial charge in [0.2, 0.25) is 0 Å². The number of aliphatic carboxylic acids is 2. The second-order valence-corrected chi connectivity index (χ2v) is 14.9. The summed E-state index contributed by atoms with van der Waals surface area (Å²) in [5.74, 6) is -2.91. The molecule has 8 aromatic rings. The van der Waals surface area contributed by atoms with E-state index in [2.05, 4.69) is 10.3 Å². The summed E-state index contributed by atoms with van der Waals surface area (Å²) in [6, 6.07) is 27.4. The molecule has 3 aromatic heterocycles. The lowest BCUT2D eigenvalue weighted by Gasteiger charge is -2.18. The van der Waals surface area contributed by atoms with Crippen LogP contribution in [0.25, 0.3) is 44.2 Å². The minimum atomic E-state index is -1.08. The monoisotopic (exact) mass is 864 g/mol. The Morgan fingerprint density at radius 2 is 1.48 bits per heavy atom. The molecule has 0 radical (unpaired) electrons. The minimum Gasteiger partial charge on any atom is -0.489 e. The Balaban J connectivity index is 1.13. The maximum Gasteiger partial charge on any atom is 0.307 e. The lowest BCUT2D eigenvalue weighted by Crippen LogP contribution is -2.16. The van der Waals surface area contributed by atoms with Crippen LogP contribution in [0.4, 0.5) is 10.1 Å². The molecule has 0 saturated heterocycles. The number of rotatable bonds is 17. The summed E-state index contributed by atoms with van der Waals surface area (Å²) >= 11 is 0. The van der Waals surface area contributed by atoms with E-state index in [-0.39, 0.29) is 85.2 Å². The molecular weight excluding hydrogens is 824 g/mol. The van der Waals surface area contributed by atoms with Crippen LogP contribution in [-0.4, -0.2) is 38.1 Å². The Kier molecular flexibility index (Phi) is 12.5. The number of halogens is 1. The first-order valence-corrected chi connectivity index (χ1v) is 20.1. The van der Waals surface area contributed by atoms with E-state index in [1.54, 1.807) is 54.8 Å². The van der Waals surface area contributed by atoms with Crippen molar-refractivity contribution in [3.05, 3.63) is 166 Å². The summed E-state index contributed by atoms with van der Waals surface area (Å²) in [4.78, 5) is 41.6. The number of nitrogens with two attached hydrogens (primary N) is 2. The van der Waals surface area contributed by atoms with Gasteiger partial charge in [0.15, 0.2) is 5.82 Å². The quantitative estimate of drug-likeness (QED) is 0.0508. The molecule has 0 aliphatic heterocycles.